The van der Waals surface area contributed by atoms with Gasteiger partial charge >= 0.3 is 0 Å². The van der Waals surface area contributed by atoms with Gasteiger partial charge in [0.2, 0.25) is 0 Å². The van der Waals surface area contributed by atoms with Crippen molar-refractivity contribution in [2.45, 2.75) is 25.3 Å². The van der Waals surface area contributed by atoms with Crippen LogP contribution in [0, 0.1) is 0 Å². The Morgan fingerprint density at radius 1 is 0.878 bits per heavy atom. The summed E-state index contributed by atoms with van der Waals surface area (Å²) < 4.78 is 3.61. The molecular formula is C34H33BrN4OS. The number of benzene rings is 3. The molecule has 0 amide bonds. The van der Waals surface area contributed by atoms with E-state index in [9.17, 15) is 4.79 Å². The monoisotopic (exact) mass is 624 g/mol. The Kier molecular flexibility index (Phi) is 7.58. The van der Waals surface area contributed by atoms with Crippen molar-refractivity contribution in [3.63, 3.8) is 0 Å². The Balaban J connectivity index is 1.53. The van der Waals surface area contributed by atoms with Gasteiger partial charge in [0.05, 0.1) is 16.3 Å². The smallest absolute Gasteiger partial charge is 0.271 e. The normalized spacial score (nSPS) is 17.7. The van der Waals surface area contributed by atoms with Gasteiger partial charge in [-0.25, -0.2) is 4.99 Å². The van der Waals surface area contributed by atoms with E-state index in [4.69, 9.17) is 4.99 Å². The molecular weight excluding hydrogens is 592 g/mol. The molecule has 4 aromatic rings. The topological polar surface area (TPSA) is 40.8 Å². The molecule has 0 saturated carbocycles. The van der Waals surface area contributed by atoms with E-state index < -0.39 is 0 Å². The molecule has 0 spiro atoms. The van der Waals surface area contributed by atoms with Crippen LogP contribution in [0.15, 0.2) is 104 Å². The van der Waals surface area contributed by atoms with Crippen LogP contribution in [0.5, 0.6) is 0 Å². The third kappa shape index (κ3) is 5.48. The third-order valence-electron chi connectivity index (χ3n) is 7.76. The molecule has 3 aromatic carbocycles. The maximum absolute atomic E-state index is 14.0. The molecule has 0 saturated heterocycles. The maximum Gasteiger partial charge on any atom is 0.271 e. The first-order valence-electron chi connectivity index (χ1n) is 13.8. The molecule has 208 valence electrons. The van der Waals surface area contributed by atoms with Gasteiger partial charge in [-0.2, -0.15) is 0 Å². The van der Waals surface area contributed by atoms with Gasteiger partial charge in [0.25, 0.3) is 5.56 Å². The summed E-state index contributed by atoms with van der Waals surface area (Å²) in [5.41, 5.74) is 9.11. The van der Waals surface area contributed by atoms with Crippen LogP contribution in [-0.2, 0) is 0 Å². The number of thiazole rings is 1. The van der Waals surface area contributed by atoms with E-state index in [1.807, 2.05) is 49.0 Å². The zero-order valence-corrected chi connectivity index (χ0v) is 26.2. The van der Waals surface area contributed by atoms with Gasteiger partial charge in [-0.15, -0.1) is 0 Å². The second kappa shape index (κ2) is 11.3. The molecule has 41 heavy (non-hydrogen) atoms. The van der Waals surface area contributed by atoms with Crippen LogP contribution in [0.25, 0.3) is 12.2 Å². The van der Waals surface area contributed by atoms with Crippen molar-refractivity contribution in [3.8, 4) is 0 Å². The van der Waals surface area contributed by atoms with Gasteiger partial charge in [0, 0.05) is 44.0 Å². The summed E-state index contributed by atoms with van der Waals surface area (Å²) in [5.74, 6) is 0. The van der Waals surface area contributed by atoms with Crippen LogP contribution >= 0.6 is 27.3 Å². The quantitative estimate of drug-likeness (QED) is 0.259. The molecule has 0 bridgehead atoms. The number of hydrogen-bond acceptors (Lipinski definition) is 5. The molecule has 1 aliphatic carbocycles. The van der Waals surface area contributed by atoms with E-state index in [0.717, 1.165) is 51.0 Å². The maximum atomic E-state index is 14.0. The molecule has 2 aliphatic rings. The Morgan fingerprint density at radius 2 is 1.56 bits per heavy atom. The van der Waals surface area contributed by atoms with Crippen LogP contribution in [-0.4, -0.2) is 32.8 Å². The summed E-state index contributed by atoms with van der Waals surface area (Å²) in [6.07, 6.45) is 7.18. The molecule has 0 radical (unpaired) electrons. The highest BCUT2D eigenvalue weighted by molar-refractivity contribution is 9.10. The van der Waals surface area contributed by atoms with Gasteiger partial charge in [-0.1, -0.05) is 63.7 Å². The number of anilines is 2. The Labute approximate surface area is 253 Å². The second-order valence-electron chi connectivity index (χ2n) is 11.0. The summed E-state index contributed by atoms with van der Waals surface area (Å²) in [7, 11) is 8.20. The van der Waals surface area contributed by atoms with Gasteiger partial charge in [0.15, 0.2) is 4.80 Å². The van der Waals surface area contributed by atoms with Gasteiger partial charge in [-0.05, 0) is 95.6 Å². The Morgan fingerprint density at radius 3 is 2.22 bits per heavy atom. The summed E-state index contributed by atoms with van der Waals surface area (Å²) in [6.45, 7) is 0. The fourth-order valence-electron chi connectivity index (χ4n) is 5.63. The van der Waals surface area contributed by atoms with E-state index in [2.05, 4.69) is 94.4 Å². The molecule has 5 nitrogen and oxygen atoms in total. The van der Waals surface area contributed by atoms with Crippen LogP contribution < -0.4 is 24.7 Å². The highest BCUT2D eigenvalue weighted by Crippen LogP contribution is 2.41. The lowest BCUT2D eigenvalue weighted by molar-refractivity contribution is 0.553. The van der Waals surface area contributed by atoms with E-state index in [-0.39, 0.29) is 11.6 Å². The van der Waals surface area contributed by atoms with Crippen molar-refractivity contribution >= 4 is 50.8 Å². The minimum Gasteiger partial charge on any atom is -0.378 e. The summed E-state index contributed by atoms with van der Waals surface area (Å²) >= 11 is 5.03. The van der Waals surface area contributed by atoms with Crippen molar-refractivity contribution < 1.29 is 0 Å². The van der Waals surface area contributed by atoms with Gasteiger partial charge in [0.1, 0.15) is 0 Å². The van der Waals surface area contributed by atoms with Crippen LogP contribution in [0.1, 0.15) is 42.0 Å². The first-order valence-corrected chi connectivity index (χ1v) is 15.5. The van der Waals surface area contributed by atoms with Crippen LogP contribution in [0.4, 0.5) is 11.4 Å². The van der Waals surface area contributed by atoms with Crippen molar-refractivity contribution in [2.75, 3.05) is 38.0 Å². The molecule has 0 N–H and O–H groups in total. The molecule has 0 unspecified atom stereocenters. The van der Waals surface area contributed by atoms with Crippen LogP contribution in [0.3, 0.4) is 0 Å². The number of halogens is 1. The largest absolute Gasteiger partial charge is 0.378 e. The highest BCUT2D eigenvalue weighted by Gasteiger charge is 2.32. The average molecular weight is 626 g/mol. The van der Waals surface area contributed by atoms with Crippen molar-refractivity contribution in [2.24, 2.45) is 4.99 Å². The van der Waals surface area contributed by atoms with E-state index >= 15 is 0 Å². The third-order valence-corrected chi connectivity index (χ3v) is 9.23. The first kappa shape index (κ1) is 27.5. The fourth-order valence-corrected chi connectivity index (χ4v) is 7.05. The van der Waals surface area contributed by atoms with Gasteiger partial charge in [-0.3, -0.25) is 9.36 Å². The number of allylic oxidation sites excluding steroid dienone is 2. The summed E-state index contributed by atoms with van der Waals surface area (Å²) in [6, 6.07) is 25.1. The SMILES string of the molecule is CN(C)c1ccc(/C=C2\CCCC3=C2N=c2s/c(=C/c4cccc(Br)c4)c(=O)n2[C@@H]3c2ccc(N(C)C)cc2)cc1. The Hall–Kier alpha value is -3.68. The van der Waals surface area contributed by atoms with E-state index in [0.29, 0.717) is 4.53 Å². The fraction of sp³-hybridized carbons (Fsp3) is 0.235. The molecule has 6 rings (SSSR count). The molecule has 1 aliphatic heterocycles. The molecule has 1 atom stereocenters. The van der Waals surface area contributed by atoms with Crippen molar-refractivity contribution in [3.05, 3.63) is 130 Å². The predicted octanol–water partition coefficient (Wildman–Crippen LogP) is 6.38. The Bertz CT molecular complexity index is 1840. The van der Waals surface area contributed by atoms with E-state index in [1.165, 1.54) is 33.7 Å². The van der Waals surface area contributed by atoms with Crippen molar-refractivity contribution in [1.29, 1.82) is 0 Å². The highest BCUT2D eigenvalue weighted by atomic mass is 79.9. The summed E-state index contributed by atoms with van der Waals surface area (Å²) in [4.78, 5) is 24.2. The molecule has 0 fully saturated rings. The molecule has 7 heteroatoms. The van der Waals surface area contributed by atoms with Crippen molar-refractivity contribution in [1.82, 2.24) is 4.57 Å². The first-order chi connectivity index (χ1) is 19.8. The number of fused-ring (bicyclic) bond motifs is 1. The lowest BCUT2D eigenvalue weighted by atomic mass is 9.83. The zero-order valence-electron chi connectivity index (χ0n) is 23.8. The number of hydrogen-bond donors (Lipinski definition) is 0. The average Bonchev–Trinajstić information content (AvgIpc) is 3.26. The molecule has 1 aromatic heterocycles. The predicted molar refractivity (Wildman–Crippen MR) is 176 cm³/mol. The number of aromatic nitrogens is 1. The molecule has 2 heterocycles. The second-order valence-corrected chi connectivity index (χ2v) is 12.9. The van der Waals surface area contributed by atoms with Gasteiger partial charge < -0.3 is 9.80 Å². The van der Waals surface area contributed by atoms with Crippen LogP contribution in [0.2, 0.25) is 0 Å². The lowest BCUT2D eigenvalue weighted by Crippen LogP contribution is -2.39. The zero-order chi connectivity index (χ0) is 28.7. The lowest BCUT2D eigenvalue weighted by Gasteiger charge is -2.31. The number of rotatable bonds is 5. The standard InChI is InChI=1S/C34H33BrN4OS/c1-37(2)27-15-11-22(12-16-27)19-25-8-6-10-29-31(25)36-34-39(32(29)24-13-17-28(18-14-24)38(3)4)33(40)30(41-34)21-23-7-5-9-26(35)20-23/h5,7,9,11-21,32H,6,8,10H2,1-4H3/b25-19+,30-21+/t32-/m1/s1. The number of nitrogens with zero attached hydrogens (tertiary/aromatic N) is 4. The summed E-state index contributed by atoms with van der Waals surface area (Å²) in [5, 5.41) is 0. The van der Waals surface area contributed by atoms with E-state index in [1.54, 1.807) is 0 Å². The minimum absolute atomic E-state index is 0.0114. The minimum atomic E-state index is -0.179.